The summed E-state index contributed by atoms with van der Waals surface area (Å²) in [4.78, 5) is 1.10. The van der Waals surface area contributed by atoms with Gasteiger partial charge in [-0.3, -0.25) is 0 Å². The molecule has 4 heteroatoms. The van der Waals surface area contributed by atoms with E-state index in [0.29, 0.717) is 12.2 Å². The van der Waals surface area contributed by atoms with E-state index in [0.717, 1.165) is 56.3 Å². The number of unbranched alkanes of at least 4 members (excludes halogenated alkanes) is 1. The van der Waals surface area contributed by atoms with Gasteiger partial charge in [0.15, 0.2) is 0 Å². The third-order valence-electron chi connectivity index (χ3n) is 6.21. The fourth-order valence-electron chi connectivity index (χ4n) is 4.72. The Labute approximate surface area is 180 Å². The first-order valence-corrected chi connectivity index (χ1v) is 11.2. The van der Waals surface area contributed by atoms with Gasteiger partial charge < -0.3 is 14.9 Å². The van der Waals surface area contributed by atoms with Crippen LogP contribution in [0.1, 0.15) is 37.3 Å². The molecule has 4 aromatic rings. The van der Waals surface area contributed by atoms with Gasteiger partial charge in [0.25, 0.3) is 0 Å². The molecule has 1 aromatic heterocycles. The van der Waals surface area contributed by atoms with Gasteiger partial charge in [0.2, 0.25) is 0 Å². The minimum absolute atomic E-state index is 0.161. The number of hydrogen-bond donors (Lipinski definition) is 2. The Hall–Kier alpha value is -2.82. The highest BCUT2D eigenvalue weighted by atomic mass is 32.1. The molecular formula is C26H24O3S. The maximum Gasteiger partial charge on any atom is 0.123 e. The molecular weight excluding hydrogens is 392 g/mol. The fourth-order valence-corrected chi connectivity index (χ4v) is 5.73. The second kappa shape index (κ2) is 7.15. The lowest BCUT2D eigenvalue weighted by Crippen LogP contribution is -2.27. The molecule has 1 atom stereocenters. The number of fused-ring (bicyclic) bond motifs is 7. The Morgan fingerprint density at radius 1 is 0.967 bits per heavy atom. The van der Waals surface area contributed by atoms with Crippen LogP contribution in [0.25, 0.3) is 32.3 Å². The second-order valence-corrected chi connectivity index (χ2v) is 8.82. The lowest BCUT2D eigenvalue weighted by Gasteiger charge is -2.31. The average Bonchev–Trinajstić information content (AvgIpc) is 3.25. The Kier molecular flexibility index (Phi) is 4.57. The van der Waals surface area contributed by atoms with Crippen molar-refractivity contribution in [1.29, 1.82) is 0 Å². The molecule has 0 radical (unpaired) electrons. The Morgan fingerprint density at radius 2 is 1.77 bits per heavy atom. The molecule has 30 heavy (non-hydrogen) atoms. The molecule has 1 heterocycles. The van der Waals surface area contributed by atoms with Gasteiger partial charge in [-0.1, -0.05) is 44.0 Å². The van der Waals surface area contributed by atoms with Crippen LogP contribution < -0.4 is 4.74 Å². The van der Waals surface area contributed by atoms with E-state index < -0.39 is 5.60 Å². The third-order valence-corrected chi connectivity index (χ3v) is 7.16. The monoisotopic (exact) mass is 416 g/mol. The minimum Gasteiger partial charge on any atom is -0.507 e. The zero-order valence-electron chi connectivity index (χ0n) is 17.1. The van der Waals surface area contributed by atoms with E-state index in [-0.39, 0.29) is 5.75 Å². The van der Waals surface area contributed by atoms with Gasteiger partial charge in [-0.2, -0.15) is 0 Å². The number of benzene rings is 3. The van der Waals surface area contributed by atoms with E-state index in [1.54, 1.807) is 24.5 Å². The maximum absolute atomic E-state index is 12.2. The van der Waals surface area contributed by atoms with E-state index >= 15 is 0 Å². The largest absolute Gasteiger partial charge is 0.507 e. The molecule has 3 aromatic carbocycles. The van der Waals surface area contributed by atoms with Gasteiger partial charge in [0, 0.05) is 21.4 Å². The smallest absolute Gasteiger partial charge is 0.123 e. The maximum atomic E-state index is 12.2. The lowest BCUT2D eigenvalue weighted by molar-refractivity contribution is 0.0701. The number of hydrogen-bond acceptors (Lipinski definition) is 4. The SMILES string of the molecule is CCCCC1(O)c2ccsc2-c2ccccc2-c2c1cc(O)c1cc(OC)ccc21. The summed E-state index contributed by atoms with van der Waals surface area (Å²) in [5, 5.41) is 26.9. The van der Waals surface area contributed by atoms with E-state index in [9.17, 15) is 10.2 Å². The van der Waals surface area contributed by atoms with Crippen LogP contribution in [0.4, 0.5) is 0 Å². The molecule has 1 aliphatic carbocycles. The van der Waals surface area contributed by atoms with Crippen molar-refractivity contribution < 1.29 is 14.9 Å². The van der Waals surface area contributed by atoms with Crippen molar-refractivity contribution in [3.05, 3.63) is 71.1 Å². The molecule has 1 aliphatic rings. The van der Waals surface area contributed by atoms with Crippen LogP contribution in [0.2, 0.25) is 0 Å². The normalized spacial score (nSPS) is 17.2. The first-order chi connectivity index (χ1) is 14.6. The Balaban J connectivity index is 1.95. The molecule has 1 unspecified atom stereocenters. The minimum atomic E-state index is -1.16. The summed E-state index contributed by atoms with van der Waals surface area (Å²) < 4.78 is 5.39. The van der Waals surface area contributed by atoms with Crippen molar-refractivity contribution in [2.45, 2.75) is 31.8 Å². The number of ether oxygens (including phenoxy) is 1. The molecule has 0 saturated heterocycles. The predicted octanol–water partition coefficient (Wildman–Crippen LogP) is 6.69. The van der Waals surface area contributed by atoms with Crippen LogP contribution >= 0.6 is 11.3 Å². The van der Waals surface area contributed by atoms with Crippen molar-refractivity contribution in [2.24, 2.45) is 0 Å². The number of phenols is 1. The van der Waals surface area contributed by atoms with Crippen LogP contribution in [0.15, 0.2) is 60.0 Å². The highest BCUT2D eigenvalue weighted by Gasteiger charge is 2.40. The molecule has 0 saturated carbocycles. The quantitative estimate of drug-likeness (QED) is 0.390. The zero-order chi connectivity index (χ0) is 20.9. The molecule has 5 rings (SSSR count). The summed E-state index contributed by atoms with van der Waals surface area (Å²) in [6.45, 7) is 2.13. The summed E-state index contributed by atoms with van der Waals surface area (Å²) in [7, 11) is 1.62. The summed E-state index contributed by atoms with van der Waals surface area (Å²) in [6.07, 6.45) is 2.49. The summed E-state index contributed by atoms with van der Waals surface area (Å²) >= 11 is 1.66. The molecule has 0 aliphatic heterocycles. The van der Waals surface area contributed by atoms with Gasteiger partial charge in [0.05, 0.1) is 7.11 Å². The highest BCUT2D eigenvalue weighted by molar-refractivity contribution is 7.13. The molecule has 0 bridgehead atoms. The number of phenolic OH excluding ortho intramolecular Hbond substituents is 1. The van der Waals surface area contributed by atoms with Gasteiger partial charge in [-0.15, -0.1) is 11.3 Å². The van der Waals surface area contributed by atoms with Crippen LogP contribution in [0, 0.1) is 0 Å². The molecule has 3 nitrogen and oxygen atoms in total. The van der Waals surface area contributed by atoms with Gasteiger partial charge >= 0.3 is 0 Å². The Morgan fingerprint density at radius 3 is 2.53 bits per heavy atom. The van der Waals surface area contributed by atoms with Crippen molar-refractivity contribution >= 4 is 22.1 Å². The molecule has 0 spiro atoms. The van der Waals surface area contributed by atoms with Gasteiger partial charge in [-0.05, 0) is 64.2 Å². The number of aliphatic hydroxyl groups is 1. The zero-order valence-corrected chi connectivity index (χ0v) is 17.9. The lowest BCUT2D eigenvalue weighted by atomic mass is 9.79. The molecule has 0 fully saturated rings. The molecule has 152 valence electrons. The highest BCUT2D eigenvalue weighted by Crippen LogP contribution is 2.54. The van der Waals surface area contributed by atoms with E-state index in [2.05, 4.69) is 24.4 Å². The summed E-state index contributed by atoms with van der Waals surface area (Å²) in [5.74, 6) is 0.855. The van der Waals surface area contributed by atoms with Crippen molar-refractivity contribution in [1.82, 2.24) is 0 Å². The number of rotatable bonds is 4. The number of methoxy groups -OCH3 is 1. The fraction of sp³-hybridized carbons (Fsp3) is 0.231. The van der Waals surface area contributed by atoms with Crippen molar-refractivity contribution in [2.75, 3.05) is 7.11 Å². The van der Waals surface area contributed by atoms with Crippen LogP contribution in [0.3, 0.4) is 0 Å². The number of aromatic hydroxyl groups is 1. The van der Waals surface area contributed by atoms with Crippen molar-refractivity contribution in [3.63, 3.8) is 0 Å². The predicted molar refractivity (Wildman–Crippen MR) is 123 cm³/mol. The summed E-state index contributed by atoms with van der Waals surface area (Å²) in [6, 6.07) is 17.9. The summed E-state index contributed by atoms with van der Waals surface area (Å²) in [5.41, 5.74) is 3.74. The molecule has 0 amide bonds. The van der Waals surface area contributed by atoms with E-state index in [4.69, 9.17) is 4.74 Å². The topological polar surface area (TPSA) is 49.7 Å². The van der Waals surface area contributed by atoms with Crippen LogP contribution in [0.5, 0.6) is 11.5 Å². The van der Waals surface area contributed by atoms with Gasteiger partial charge in [-0.25, -0.2) is 0 Å². The second-order valence-electron chi connectivity index (χ2n) is 7.90. The number of thiophene rings is 1. The standard InChI is InChI=1S/C26H24O3S/c1-3-4-12-26(28)21-11-13-30-25(21)19-8-6-5-7-17(19)24-18-10-9-16(29-2)14-20(18)23(27)15-22(24)26/h5-11,13-15,27-28H,3-4,12H2,1-2H3. The van der Waals surface area contributed by atoms with E-state index in [1.807, 2.05) is 36.4 Å². The van der Waals surface area contributed by atoms with E-state index in [1.165, 1.54) is 0 Å². The first-order valence-electron chi connectivity index (χ1n) is 10.3. The Bertz CT molecular complexity index is 1260. The van der Waals surface area contributed by atoms with Crippen molar-refractivity contribution in [3.8, 4) is 33.1 Å². The molecule has 2 N–H and O–H groups in total. The first kappa shape index (κ1) is 19.2. The van der Waals surface area contributed by atoms with Gasteiger partial charge in [0.1, 0.15) is 17.1 Å². The average molecular weight is 417 g/mol. The van der Waals surface area contributed by atoms with Crippen LogP contribution in [-0.2, 0) is 5.60 Å². The third kappa shape index (κ3) is 2.68. The van der Waals surface area contributed by atoms with Crippen LogP contribution in [-0.4, -0.2) is 17.3 Å².